The van der Waals surface area contributed by atoms with Crippen LogP contribution in [-0.2, 0) is 21.4 Å². The van der Waals surface area contributed by atoms with Gasteiger partial charge in [-0.25, -0.2) is 13.2 Å². The number of benzene rings is 3. The molecule has 0 radical (unpaired) electrons. The number of carboxylic acid groups (broad SMARTS) is 1. The maximum Gasteiger partial charge on any atom is 0.341 e. The number of carboxylic acids is 1. The molecule has 0 bridgehead atoms. The van der Waals surface area contributed by atoms with Gasteiger partial charge in [0.05, 0.1) is 5.69 Å². The Kier molecular flexibility index (Phi) is 5.43. The van der Waals surface area contributed by atoms with Crippen LogP contribution < -0.4 is 10.1 Å². The van der Waals surface area contributed by atoms with Crippen LogP contribution >= 0.6 is 0 Å². The SMILES string of the molecule is O=C(O)COc1ccc([C@@H]2Nc3ccccc3S(=O)(=O)N2Cc2ccccc2)cc1. The molecule has 3 aromatic rings. The Morgan fingerprint density at radius 2 is 1.63 bits per heavy atom. The standard InChI is InChI=1S/C22H20N2O5S/c25-21(26)15-29-18-12-10-17(11-13-18)22-23-19-8-4-5-9-20(19)30(27,28)24(22)14-16-6-2-1-3-7-16/h1-13,22-23H,14-15H2,(H,25,26)/t22-/m1/s1. The molecule has 0 saturated heterocycles. The van der Waals surface area contributed by atoms with Crippen molar-refractivity contribution in [3.05, 3.63) is 90.0 Å². The zero-order valence-corrected chi connectivity index (χ0v) is 16.7. The topological polar surface area (TPSA) is 95.9 Å². The molecule has 7 nitrogen and oxygen atoms in total. The van der Waals surface area contributed by atoms with Gasteiger partial charge in [0.15, 0.2) is 6.61 Å². The van der Waals surface area contributed by atoms with Crippen LogP contribution in [0, 0.1) is 0 Å². The van der Waals surface area contributed by atoms with Crippen molar-refractivity contribution in [1.29, 1.82) is 0 Å². The largest absolute Gasteiger partial charge is 0.482 e. The lowest BCUT2D eigenvalue weighted by Crippen LogP contribution is -2.42. The van der Waals surface area contributed by atoms with Crippen molar-refractivity contribution in [2.45, 2.75) is 17.6 Å². The summed E-state index contributed by atoms with van der Waals surface area (Å²) in [4.78, 5) is 10.9. The number of aliphatic carboxylic acids is 1. The summed E-state index contributed by atoms with van der Waals surface area (Å²) in [6, 6.07) is 22.9. The van der Waals surface area contributed by atoms with E-state index in [0.29, 0.717) is 17.0 Å². The van der Waals surface area contributed by atoms with Gasteiger partial charge < -0.3 is 15.2 Å². The molecule has 0 saturated carbocycles. The predicted molar refractivity (Wildman–Crippen MR) is 112 cm³/mol. The number of para-hydroxylation sites is 1. The Bertz CT molecular complexity index is 1150. The minimum Gasteiger partial charge on any atom is -0.482 e. The molecular weight excluding hydrogens is 404 g/mol. The van der Waals surface area contributed by atoms with Gasteiger partial charge in [-0.1, -0.05) is 54.6 Å². The van der Waals surface area contributed by atoms with E-state index in [1.54, 1.807) is 48.5 Å². The summed E-state index contributed by atoms with van der Waals surface area (Å²) in [7, 11) is -3.75. The molecule has 1 atom stereocenters. The molecule has 0 aliphatic carbocycles. The van der Waals surface area contributed by atoms with E-state index < -0.39 is 28.8 Å². The van der Waals surface area contributed by atoms with Crippen LogP contribution in [0.25, 0.3) is 0 Å². The third-order valence-corrected chi connectivity index (χ3v) is 6.66. The van der Waals surface area contributed by atoms with Gasteiger partial charge in [-0.15, -0.1) is 0 Å². The van der Waals surface area contributed by atoms with Crippen molar-refractivity contribution >= 4 is 21.7 Å². The second-order valence-corrected chi connectivity index (χ2v) is 8.69. The van der Waals surface area contributed by atoms with E-state index in [1.165, 1.54) is 4.31 Å². The van der Waals surface area contributed by atoms with Crippen LogP contribution in [0.4, 0.5) is 5.69 Å². The van der Waals surface area contributed by atoms with Crippen LogP contribution in [0.1, 0.15) is 17.3 Å². The number of hydrogen-bond acceptors (Lipinski definition) is 5. The molecule has 30 heavy (non-hydrogen) atoms. The Balaban J connectivity index is 1.71. The van der Waals surface area contributed by atoms with Gasteiger partial charge in [-0.05, 0) is 35.4 Å². The van der Waals surface area contributed by atoms with Crippen molar-refractivity contribution in [2.75, 3.05) is 11.9 Å². The fourth-order valence-corrected chi connectivity index (χ4v) is 5.05. The third-order valence-electron chi connectivity index (χ3n) is 4.79. The summed E-state index contributed by atoms with van der Waals surface area (Å²) in [6.07, 6.45) is -0.626. The maximum atomic E-state index is 13.4. The first-order chi connectivity index (χ1) is 14.4. The van der Waals surface area contributed by atoms with E-state index >= 15 is 0 Å². The minimum atomic E-state index is -3.75. The average molecular weight is 424 g/mol. The number of nitrogens with one attached hydrogen (secondary N) is 1. The first-order valence-corrected chi connectivity index (χ1v) is 10.7. The Morgan fingerprint density at radius 3 is 2.33 bits per heavy atom. The number of hydrogen-bond donors (Lipinski definition) is 2. The van der Waals surface area contributed by atoms with Gasteiger partial charge >= 0.3 is 5.97 Å². The maximum absolute atomic E-state index is 13.4. The van der Waals surface area contributed by atoms with Gasteiger partial charge in [0.2, 0.25) is 10.0 Å². The van der Waals surface area contributed by atoms with E-state index in [9.17, 15) is 13.2 Å². The summed E-state index contributed by atoms with van der Waals surface area (Å²) >= 11 is 0. The van der Waals surface area contributed by atoms with Crippen LogP contribution in [0.3, 0.4) is 0 Å². The summed E-state index contributed by atoms with van der Waals surface area (Å²) < 4.78 is 33.5. The molecular formula is C22H20N2O5S. The third kappa shape index (κ3) is 4.00. The molecule has 0 amide bonds. The molecule has 2 N–H and O–H groups in total. The van der Waals surface area contributed by atoms with Crippen LogP contribution in [0.5, 0.6) is 5.75 Å². The highest BCUT2D eigenvalue weighted by atomic mass is 32.2. The minimum absolute atomic E-state index is 0.201. The quantitative estimate of drug-likeness (QED) is 0.629. The number of sulfonamides is 1. The number of ether oxygens (including phenoxy) is 1. The molecule has 1 heterocycles. The lowest BCUT2D eigenvalue weighted by atomic mass is 10.1. The molecule has 154 valence electrons. The summed E-state index contributed by atoms with van der Waals surface area (Å²) in [5, 5.41) is 12.1. The van der Waals surface area contributed by atoms with Gasteiger partial charge in [0.25, 0.3) is 0 Å². The Labute approximate surface area is 174 Å². The summed E-state index contributed by atoms with van der Waals surface area (Å²) in [5.74, 6) is -0.667. The molecule has 1 aliphatic rings. The van der Waals surface area contributed by atoms with Gasteiger partial charge in [-0.2, -0.15) is 4.31 Å². The molecule has 4 rings (SSSR count). The second-order valence-electron chi connectivity index (χ2n) is 6.83. The normalized spacial score (nSPS) is 17.5. The van der Waals surface area contributed by atoms with E-state index in [4.69, 9.17) is 9.84 Å². The summed E-state index contributed by atoms with van der Waals surface area (Å²) in [6.45, 7) is -0.241. The number of rotatable bonds is 6. The lowest BCUT2D eigenvalue weighted by molar-refractivity contribution is -0.139. The molecule has 0 unspecified atom stereocenters. The van der Waals surface area contributed by atoms with Crippen LogP contribution in [0.2, 0.25) is 0 Å². The van der Waals surface area contributed by atoms with Gasteiger partial charge in [0.1, 0.15) is 16.8 Å². The molecule has 0 aromatic heterocycles. The fourth-order valence-electron chi connectivity index (χ4n) is 3.38. The monoisotopic (exact) mass is 424 g/mol. The van der Waals surface area contributed by atoms with Crippen molar-refractivity contribution in [2.24, 2.45) is 0 Å². The number of carbonyl (C=O) groups is 1. The molecule has 1 aliphatic heterocycles. The van der Waals surface area contributed by atoms with E-state index in [2.05, 4.69) is 5.32 Å². The van der Waals surface area contributed by atoms with Gasteiger partial charge in [0, 0.05) is 6.54 Å². The molecule has 3 aromatic carbocycles. The second kappa shape index (κ2) is 8.17. The van der Waals surface area contributed by atoms with Crippen molar-refractivity contribution in [3.63, 3.8) is 0 Å². The number of fused-ring (bicyclic) bond motifs is 1. The number of anilines is 1. The predicted octanol–water partition coefficient (Wildman–Crippen LogP) is 3.47. The molecule has 0 fully saturated rings. The highest BCUT2D eigenvalue weighted by Gasteiger charge is 2.38. The van der Waals surface area contributed by atoms with Crippen LogP contribution in [-0.4, -0.2) is 30.4 Å². The highest BCUT2D eigenvalue weighted by Crippen LogP contribution is 2.39. The Hall–Kier alpha value is -3.36. The van der Waals surface area contributed by atoms with Crippen molar-refractivity contribution in [1.82, 2.24) is 4.31 Å². The summed E-state index contributed by atoms with van der Waals surface area (Å²) in [5.41, 5.74) is 2.12. The first-order valence-electron chi connectivity index (χ1n) is 9.31. The zero-order chi connectivity index (χ0) is 21.1. The van der Waals surface area contributed by atoms with Crippen molar-refractivity contribution in [3.8, 4) is 5.75 Å². The highest BCUT2D eigenvalue weighted by molar-refractivity contribution is 7.89. The van der Waals surface area contributed by atoms with E-state index in [1.807, 2.05) is 30.3 Å². The average Bonchev–Trinajstić information content (AvgIpc) is 2.75. The van der Waals surface area contributed by atoms with E-state index in [-0.39, 0.29) is 11.4 Å². The fraction of sp³-hybridized carbons (Fsp3) is 0.136. The van der Waals surface area contributed by atoms with Gasteiger partial charge in [-0.3, -0.25) is 0 Å². The Morgan fingerprint density at radius 1 is 0.967 bits per heavy atom. The van der Waals surface area contributed by atoms with Crippen molar-refractivity contribution < 1.29 is 23.1 Å². The molecule has 0 spiro atoms. The van der Waals surface area contributed by atoms with Crippen LogP contribution in [0.15, 0.2) is 83.8 Å². The first kappa shape index (κ1) is 19.9. The number of nitrogens with zero attached hydrogens (tertiary/aromatic N) is 1. The zero-order valence-electron chi connectivity index (χ0n) is 15.9. The smallest absolute Gasteiger partial charge is 0.341 e. The van der Waals surface area contributed by atoms with E-state index in [0.717, 1.165) is 5.56 Å². The lowest BCUT2D eigenvalue weighted by Gasteiger charge is -2.37. The molecule has 8 heteroatoms.